The Morgan fingerprint density at radius 3 is 2.72 bits per heavy atom. The molecule has 2 aliphatic heterocycles. The first-order valence-corrected chi connectivity index (χ1v) is 9.18. The molecule has 6 nitrogen and oxygen atoms in total. The molecule has 136 valence electrons. The predicted octanol–water partition coefficient (Wildman–Crippen LogP) is 0.682. The van der Waals surface area contributed by atoms with Gasteiger partial charge in [-0.3, -0.25) is 9.59 Å². The van der Waals surface area contributed by atoms with Crippen molar-refractivity contribution in [2.24, 2.45) is 5.73 Å². The molecule has 0 bridgehead atoms. The molecule has 2 fully saturated rings. The highest BCUT2D eigenvalue weighted by molar-refractivity contribution is 5.97. The van der Waals surface area contributed by atoms with Gasteiger partial charge in [0.15, 0.2) is 0 Å². The highest BCUT2D eigenvalue weighted by atomic mass is 16.2. The van der Waals surface area contributed by atoms with Gasteiger partial charge in [0, 0.05) is 19.1 Å². The Bertz CT molecular complexity index is 616. The van der Waals surface area contributed by atoms with Gasteiger partial charge in [0.2, 0.25) is 11.8 Å². The van der Waals surface area contributed by atoms with Crippen molar-refractivity contribution in [3.63, 3.8) is 0 Å². The number of unbranched alkanes of at least 4 members (excludes halogenated alkanes) is 1. The topological polar surface area (TPSA) is 87.5 Å². The number of benzene rings is 1. The van der Waals surface area contributed by atoms with Crippen molar-refractivity contribution in [1.82, 2.24) is 15.5 Å². The molecule has 3 atom stereocenters. The van der Waals surface area contributed by atoms with Crippen LogP contribution >= 0.6 is 0 Å². The van der Waals surface area contributed by atoms with Crippen LogP contribution in [0, 0.1) is 6.92 Å². The molecule has 3 rings (SSSR count). The Kier molecular flexibility index (Phi) is 5.71. The van der Waals surface area contributed by atoms with Crippen LogP contribution in [-0.4, -0.2) is 47.9 Å². The number of piperazine rings is 1. The van der Waals surface area contributed by atoms with Crippen LogP contribution < -0.4 is 16.4 Å². The van der Waals surface area contributed by atoms with Crippen molar-refractivity contribution in [3.05, 3.63) is 35.4 Å². The summed E-state index contributed by atoms with van der Waals surface area (Å²) >= 11 is 0. The highest BCUT2D eigenvalue weighted by Crippen LogP contribution is 2.24. The van der Waals surface area contributed by atoms with E-state index >= 15 is 0 Å². The average molecular weight is 344 g/mol. The van der Waals surface area contributed by atoms with Crippen molar-refractivity contribution in [2.75, 3.05) is 13.1 Å². The Morgan fingerprint density at radius 2 is 2.00 bits per heavy atom. The van der Waals surface area contributed by atoms with E-state index in [2.05, 4.69) is 41.8 Å². The zero-order valence-corrected chi connectivity index (χ0v) is 14.8. The number of hydrogen-bond donors (Lipinski definition) is 3. The SMILES string of the molecule is Cc1ccc(CN[C@H]2C[C@H]3C(=O)N[C@@H](CCCCN)C(=O)N3C2)cc1. The molecule has 25 heavy (non-hydrogen) atoms. The minimum absolute atomic E-state index is 0.0167. The Labute approximate surface area is 149 Å². The summed E-state index contributed by atoms with van der Waals surface area (Å²) in [4.78, 5) is 26.8. The molecule has 0 aromatic heterocycles. The Balaban J connectivity index is 1.55. The van der Waals surface area contributed by atoms with Gasteiger partial charge < -0.3 is 21.3 Å². The molecule has 4 N–H and O–H groups in total. The second-order valence-corrected chi connectivity index (χ2v) is 7.15. The molecule has 2 saturated heterocycles. The Hall–Kier alpha value is -1.92. The number of carbonyl (C=O) groups is 2. The third kappa shape index (κ3) is 4.19. The summed E-state index contributed by atoms with van der Waals surface area (Å²) in [6, 6.07) is 7.85. The molecule has 0 radical (unpaired) electrons. The van der Waals surface area contributed by atoms with Gasteiger partial charge in [-0.15, -0.1) is 0 Å². The van der Waals surface area contributed by atoms with E-state index < -0.39 is 0 Å². The van der Waals surface area contributed by atoms with Gasteiger partial charge in [-0.05, 0) is 44.7 Å². The minimum atomic E-state index is -0.383. The number of nitrogens with one attached hydrogen (secondary N) is 2. The summed E-state index contributed by atoms with van der Waals surface area (Å²) in [7, 11) is 0. The number of nitrogens with two attached hydrogens (primary N) is 1. The molecule has 6 heteroatoms. The second-order valence-electron chi connectivity index (χ2n) is 7.15. The molecule has 2 amide bonds. The standard InChI is InChI=1S/C19H28N4O2/c1-13-5-7-14(8-6-13)11-21-15-10-17-18(24)22-16(4-2-3-9-20)19(25)23(17)12-15/h5-8,15-17,21H,2-4,9-12,20H2,1H3,(H,22,24)/t15-,16-,17-/m0/s1. The molecule has 1 aromatic rings. The normalized spacial score (nSPS) is 25.8. The lowest BCUT2D eigenvalue weighted by molar-refractivity contribution is -0.147. The fourth-order valence-corrected chi connectivity index (χ4v) is 3.66. The van der Waals surface area contributed by atoms with Crippen LogP contribution in [0.25, 0.3) is 0 Å². The summed E-state index contributed by atoms with van der Waals surface area (Å²) in [5, 5.41) is 6.39. The first-order chi connectivity index (χ1) is 12.1. The van der Waals surface area contributed by atoms with E-state index in [1.165, 1.54) is 11.1 Å². The van der Waals surface area contributed by atoms with Gasteiger partial charge in [-0.25, -0.2) is 0 Å². The van der Waals surface area contributed by atoms with Gasteiger partial charge >= 0.3 is 0 Å². The van der Waals surface area contributed by atoms with Gasteiger partial charge in [-0.1, -0.05) is 29.8 Å². The third-order valence-electron chi connectivity index (χ3n) is 5.16. The molecule has 2 aliphatic rings. The van der Waals surface area contributed by atoms with E-state index in [1.807, 2.05) is 0 Å². The fourth-order valence-electron chi connectivity index (χ4n) is 3.66. The molecule has 0 aliphatic carbocycles. The van der Waals surface area contributed by atoms with Crippen molar-refractivity contribution in [3.8, 4) is 0 Å². The van der Waals surface area contributed by atoms with Gasteiger partial charge in [0.1, 0.15) is 12.1 Å². The van der Waals surface area contributed by atoms with Crippen molar-refractivity contribution >= 4 is 11.8 Å². The summed E-state index contributed by atoms with van der Waals surface area (Å²) < 4.78 is 0. The lowest BCUT2D eigenvalue weighted by atomic mass is 10.0. The zero-order chi connectivity index (χ0) is 17.8. The van der Waals surface area contributed by atoms with E-state index in [1.54, 1.807) is 4.90 Å². The van der Waals surface area contributed by atoms with Crippen molar-refractivity contribution in [2.45, 2.75) is 57.3 Å². The first-order valence-electron chi connectivity index (χ1n) is 9.18. The largest absolute Gasteiger partial charge is 0.343 e. The molecule has 0 saturated carbocycles. The van der Waals surface area contributed by atoms with Gasteiger partial charge in [0.25, 0.3) is 0 Å². The number of carbonyl (C=O) groups excluding carboxylic acids is 2. The van der Waals surface area contributed by atoms with Crippen LogP contribution in [0.2, 0.25) is 0 Å². The van der Waals surface area contributed by atoms with Gasteiger partial charge in [0.05, 0.1) is 0 Å². The van der Waals surface area contributed by atoms with E-state index in [0.29, 0.717) is 25.9 Å². The summed E-state index contributed by atoms with van der Waals surface area (Å²) in [6.45, 7) is 4.05. The van der Waals surface area contributed by atoms with E-state index in [9.17, 15) is 9.59 Å². The molecule has 0 spiro atoms. The van der Waals surface area contributed by atoms with Crippen LogP contribution in [0.4, 0.5) is 0 Å². The predicted molar refractivity (Wildman–Crippen MR) is 96.8 cm³/mol. The van der Waals surface area contributed by atoms with Crippen molar-refractivity contribution in [1.29, 1.82) is 0 Å². The van der Waals surface area contributed by atoms with Crippen LogP contribution in [-0.2, 0) is 16.1 Å². The maximum absolute atomic E-state index is 12.7. The third-order valence-corrected chi connectivity index (χ3v) is 5.16. The van der Waals surface area contributed by atoms with Crippen LogP contribution in [0.15, 0.2) is 24.3 Å². The minimum Gasteiger partial charge on any atom is -0.343 e. The smallest absolute Gasteiger partial charge is 0.245 e. The first kappa shape index (κ1) is 17.9. The number of amides is 2. The summed E-state index contributed by atoms with van der Waals surface area (Å²) in [5.41, 5.74) is 7.96. The van der Waals surface area contributed by atoms with E-state index in [-0.39, 0.29) is 29.9 Å². The number of rotatable bonds is 7. The lowest BCUT2D eigenvalue weighted by Crippen LogP contribution is -2.61. The molecule has 1 aromatic carbocycles. The van der Waals surface area contributed by atoms with Gasteiger partial charge in [-0.2, -0.15) is 0 Å². The Morgan fingerprint density at radius 1 is 1.24 bits per heavy atom. The number of fused-ring (bicyclic) bond motifs is 1. The highest BCUT2D eigenvalue weighted by Gasteiger charge is 2.45. The molecular formula is C19H28N4O2. The van der Waals surface area contributed by atoms with E-state index in [4.69, 9.17) is 5.73 Å². The maximum atomic E-state index is 12.7. The summed E-state index contributed by atoms with van der Waals surface area (Å²) in [5.74, 6) is 0.0400. The molecular weight excluding hydrogens is 316 g/mol. The van der Waals surface area contributed by atoms with Crippen LogP contribution in [0.1, 0.15) is 36.8 Å². The zero-order valence-electron chi connectivity index (χ0n) is 14.8. The van der Waals surface area contributed by atoms with E-state index in [0.717, 1.165) is 19.4 Å². The van der Waals surface area contributed by atoms with Crippen LogP contribution in [0.3, 0.4) is 0 Å². The molecule has 0 unspecified atom stereocenters. The average Bonchev–Trinajstić information content (AvgIpc) is 3.04. The summed E-state index contributed by atoms with van der Waals surface area (Å²) in [6.07, 6.45) is 3.09. The monoisotopic (exact) mass is 344 g/mol. The number of nitrogens with zero attached hydrogens (tertiary/aromatic N) is 1. The van der Waals surface area contributed by atoms with Crippen molar-refractivity contribution < 1.29 is 9.59 Å². The maximum Gasteiger partial charge on any atom is 0.245 e. The fraction of sp³-hybridized carbons (Fsp3) is 0.579. The molecule has 2 heterocycles. The lowest BCUT2D eigenvalue weighted by Gasteiger charge is -2.34. The van der Waals surface area contributed by atoms with Crippen LogP contribution in [0.5, 0.6) is 0 Å². The number of aryl methyl sites for hydroxylation is 1. The number of hydrogen-bond acceptors (Lipinski definition) is 4. The second kappa shape index (κ2) is 7.97. The quantitative estimate of drug-likeness (QED) is 0.635.